The predicted molar refractivity (Wildman–Crippen MR) is 80.9 cm³/mol. The fourth-order valence-electron chi connectivity index (χ4n) is 2.91. The molecule has 1 aromatic heterocycles. The highest BCUT2D eigenvalue weighted by atomic mass is 16.3. The van der Waals surface area contributed by atoms with Gasteiger partial charge in [-0.15, -0.1) is 0 Å². The highest BCUT2D eigenvalue weighted by Gasteiger charge is 2.41. The van der Waals surface area contributed by atoms with Crippen LogP contribution < -0.4 is 5.32 Å². The first kappa shape index (κ1) is 16.5. The number of aromatic nitrogens is 2. The summed E-state index contributed by atoms with van der Waals surface area (Å²) in [6, 6.07) is 1.63. The molecule has 7 nitrogen and oxygen atoms in total. The van der Waals surface area contributed by atoms with Gasteiger partial charge in [-0.25, -0.2) is 0 Å². The Labute approximate surface area is 130 Å². The lowest BCUT2D eigenvalue weighted by Crippen LogP contribution is -2.45. The largest absolute Gasteiger partial charge is 0.390 e. The second-order valence-corrected chi connectivity index (χ2v) is 5.88. The van der Waals surface area contributed by atoms with Crippen molar-refractivity contribution in [2.24, 2.45) is 5.92 Å². The van der Waals surface area contributed by atoms with Crippen LogP contribution in [0.1, 0.15) is 25.5 Å². The molecule has 7 heteroatoms. The third-order valence-corrected chi connectivity index (χ3v) is 4.32. The maximum absolute atomic E-state index is 12.2. The molecule has 0 radical (unpaired) electrons. The van der Waals surface area contributed by atoms with E-state index in [9.17, 15) is 14.7 Å². The number of likely N-dealkylation sites (N-methyl/N-ethyl adjacent to an activating group) is 1. The van der Waals surface area contributed by atoms with Crippen LogP contribution >= 0.6 is 0 Å². The molecule has 1 heterocycles. The molecule has 1 fully saturated rings. The number of rotatable bonds is 5. The van der Waals surface area contributed by atoms with Crippen LogP contribution in [0.15, 0.2) is 12.3 Å². The van der Waals surface area contributed by atoms with Crippen LogP contribution in [0.2, 0.25) is 0 Å². The summed E-state index contributed by atoms with van der Waals surface area (Å²) >= 11 is 0. The Morgan fingerprint density at radius 3 is 2.82 bits per heavy atom. The van der Waals surface area contributed by atoms with Crippen LogP contribution in [-0.2, 0) is 16.1 Å². The Hall–Kier alpha value is -1.89. The summed E-state index contributed by atoms with van der Waals surface area (Å²) in [6.45, 7) is 4.44. The summed E-state index contributed by atoms with van der Waals surface area (Å²) in [4.78, 5) is 25.1. The van der Waals surface area contributed by atoms with Crippen LogP contribution in [0.4, 0.5) is 0 Å². The van der Waals surface area contributed by atoms with E-state index in [1.807, 2.05) is 19.2 Å². The Balaban J connectivity index is 1.81. The number of hydrogen-bond acceptors (Lipinski definition) is 4. The summed E-state index contributed by atoms with van der Waals surface area (Å²) in [7, 11) is 1.66. The number of aryl methyl sites for hydroxylation is 1. The first-order valence-corrected chi connectivity index (χ1v) is 7.59. The molecule has 0 spiro atoms. The summed E-state index contributed by atoms with van der Waals surface area (Å²) in [5.74, 6) is -0.707. The third-order valence-electron chi connectivity index (χ3n) is 4.32. The number of carbonyl (C=O) groups excluding carboxylic acids is 2. The summed E-state index contributed by atoms with van der Waals surface area (Å²) in [5.41, 5.74) is 0.938. The van der Waals surface area contributed by atoms with Gasteiger partial charge in [0.05, 0.1) is 30.3 Å². The summed E-state index contributed by atoms with van der Waals surface area (Å²) in [6.07, 6.45) is 2.30. The Kier molecular flexibility index (Phi) is 5.18. The minimum atomic E-state index is -0.805. The second-order valence-electron chi connectivity index (χ2n) is 5.88. The second kappa shape index (κ2) is 6.91. The molecule has 0 aromatic carbocycles. The predicted octanol–water partition coefficient (Wildman–Crippen LogP) is -0.0745. The van der Waals surface area contributed by atoms with Crippen molar-refractivity contribution >= 4 is 11.8 Å². The van der Waals surface area contributed by atoms with E-state index in [1.54, 1.807) is 11.7 Å². The van der Waals surface area contributed by atoms with Crippen LogP contribution in [0, 0.1) is 12.8 Å². The number of hydrogen-bond donors (Lipinski definition) is 2. The zero-order chi connectivity index (χ0) is 16.3. The maximum Gasteiger partial charge on any atom is 0.225 e. The van der Waals surface area contributed by atoms with Gasteiger partial charge in [-0.05, 0) is 25.8 Å². The molecule has 1 aliphatic rings. The highest BCUT2D eigenvalue weighted by Crippen LogP contribution is 2.29. The molecule has 0 aliphatic heterocycles. The van der Waals surface area contributed by atoms with Crippen molar-refractivity contribution < 1.29 is 14.7 Å². The average Bonchev–Trinajstić information content (AvgIpc) is 3.04. The Bertz CT molecular complexity index is 543. The van der Waals surface area contributed by atoms with Crippen molar-refractivity contribution in [3.63, 3.8) is 0 Å². The molecule has 122 valence electrons. The molecular weight excluding hydrogens is 284 g/mol. The van der Waals surface area contributed by atoms with Crippen LogP contribution in [0.25, 0.3) is 0 Å². The lowest BCUT2D eigenvalue weighted by Gasteiger charge is -2.27. The zero-order valence-electron chi connectivity index (χ0n) is 13.3. The number of nitrogens with one attached hydrogen (secondary N) is 1. The van der Waals surface area contributed by atoms with Gasteiger partial charge >= 0.3 is 0 Å². The van der Waals surface area contributed by atoms with Crippen molar-refractivity contribution in [1.29, 1.82) is 0 Å². The highest BCUT2D eigenvalue weighted by molar-refractivity contribution is 5.80. The summed E-state index contributed by atoms with van der Waals surface area (Å²) < 4.78 is 1.77. The summed E-state index contributed by atoms with van der Waals surface area (Å²) in [5, 5.41) is 17.4. The van der Waals surface area contributed by atoms with Gasteiger partial charge in [-0.3, -0.25) is 14.3 Å². The van der Waals surface area contributed by atoms with Crippen LogP contribution in [-0.4, -0.2) is 57.3 Å². The van der Waals surface area contributed by atoms with E-state index in [0.29, 0.717) is 25.9 Å². The standard InChI is InChI=1S/C15H24N4O3/c1-10-6-8-19(17-10)9-7-16-15(22)12-4-5-13(14(12)21)18(3)11(2)20/h6,8,12-14,21H,4-5,7,9H2,1-3H3,(H,16,22)/t12-,13-,14+/m1/s1. The molecule has 0 unspecified atom stereocenters. The van der Waals surface area contributed by atoms with E-state index in [4.69, 9.17) is 0 Å². The lowest BCUT2D eigenvalue weighted by atomic mass is 10.0. The van der Waals surface area contributed by atoms with Crippen LogP contribution in [0.3, 0.4) is 0 Å². The SMILES string of the molecule is CC(=O)N(C)[C@@H]1CC[C@@H](C(=O)NCCn2ccc(C)n2)[C@@H]1O. The molecule has 0 bridgehead atoms. The van der Waals surface area contributed by atoms with Crippen molar-refractivity contribution in [2.75, 3.05) is 13.6 Å². The van der Waals surface area contributed by atoms with Crippen molar-refractivity contribution in [1.82, 2.24) is 20.0 Å². The van der Waals surface area contributed by atoms with Gasteiger partial charge in [0.1, 0.15) is 0 Å². The number of amides is 2. The molecule has 1 aromatic rings. The molecule has 2 amide bonds. The number of aliphatic hydroxyl groups excluding tert-OH is 1. The molecule has 2 N–H and O–H groups in total. The van der Waals surface area contributed by atoms with E-state index in [2.05, 4.69) is 10.4 Å². The number of carbonyl (C=O) groups is 2. The smallest absolute Gasteiger partial charge is 0.225 e. The zero-order valence-corrected chi connectivity index (χ0v) is 13.3. The first-order chi connectivity index (χ1) is 10.4. The molecule has 0 saturated heterocycles. The topological polar surface area (TPSA) is 87.5 Å². The van der Waals surface area contributed by atoms with Gasteiger partial charge in [0.2, 0.25) is 11.8 Å². The maximum atomic E-state index is 12.2. The molecule has 1 aliphatic carbocycles. The Morgan fingerprint density at radius 2 is 2.23 bits per heavy atom. The molecule has 22 heavy (non-hydrogen) atoms. The van der Waals surface area contributed by atoms with E-state index in [1.165, 1.54) is 11.8 Å². The molecule has 1 saturated carbocycles. The molecule has 2 rings (SSSR count). The van der Waals surface area contributed by atoms with Gasteiger partial charge in [-0.1, -0.05) is 0 Å². The number of nitrogens with zero attached hydrogens (tertiary/aromatic N) is 3. The lowest BCUT2D eigenvalue weighted by molar-refractivity contribution is -0.134. The van der Waals surface area contributed by atoms with Gasteiger partial charge in [0.15, 0.2) is 0 Å². The fraction of sp³-hybridized carbons (Fsp3) is 0.667. The van der Waals surface area contributed by atoms with Crippen molar-refractivity contribution in [3.8, 4) is 0 Å². The van der Waals surface area contributed by atoms with Gasteiger partial charge in [0.25, 0.3) is 0 Å². The first-order valence-electron chi connectivity index (χ1n) is 7.59. The van der Waals surface area contributed by atoms with E-state index < -0.39 is 12.0 Å². The average molecular weight is 308 g/mol. The third kappa shape index (κ3) is 3.65. The quantitative estimate of drug-likeness (QED) is 0.797. The molecule has 3 atom stereocenters. The number of aliphatic hydroxyl groups is 1. The van der Waals surface area contributed by atoms with E-state index >= 15 is 0 Å². The normalized spacial score (nSPS) is 24.3. The van der Waals surface area contributed by atoms with Crippen molar-refractivity contribution in [3.05, 3.63) is 18.0 Å². The Morgan fingerprint density at radius 1 is 1.50 bits per heavy atom. The van der Waals surface area contributed by atoms with Gasteiger partial charge < -0.3 is 15.3 Å². The fourth-order valence-corrected chi connectivity index (χ4v) is 2.91. The molecular formula is C15H24N4O3. The van der Waals surface area contributed by atoms with Gasteiger partial charge in [-0.2, -0.15) is 5.10 Å². The van der Waals surface area contributed by atoms with Crippen LogP contribution in [0.5, 0.6) is 0 Å². The monoisotopic (exact) mass is 308 g/mol. The van der Waals surface area contributed by atoms with Crippen molar-refractivity contribution in [2.45, 2.75) is 45.4 Å². The van der Waals surface area contributed by atoms with E-state index in [0.717, 1.165) is 5.69 Å². The van der Waals surface area contributed by atoms with Gasteiger partial charge in [0, 0.05) is 26.7 Å². The minimum absolute atomic E-state index is 0.0980. The van der Waals surface area contributed by atoms with E-state index in [-0.39, 0.29) is 17.9 Å². The minimum Gasteiger partial charge on any atom is -0.390 e.